The topological polar surface area (TPSA) is 55.8 Å². The van der Waals surface area contributed by atoms with Crippen molar-refractivity contribution in [1.29, 1.82) is 0 Å². The second-order valence-corrected chi connectivity index (χ2v) is 3.97. The highest BCUT2D eigenvalue weighted by Crippen LogP contribution is 2.30. The zero-order valence-electron chi connectivity index (χ0n) is 8.06. The normalized spacial score (nSPS) is 20.6. The van der Waals surface area contributed by atoms with Crippen LogP contribution in [0.3, 0.4) is 0 Å². The molecule has 80 valence electrons. The summed E-state index contributed by atoms with van der Waals surface area (Å²) in [6, 6.07) is 0. The molecule has 1 unspecified atom stereocenters. The summed E-state index contributed by atoms with van der Waals surface area (Å²) >= 11 is 1.59. The fourth-order valence-electron chi connectivity index (χ4n) is 1.07. The highest BCUT2D eigenvalue weighted by Gasteiger charge is 2.17. The molecule has 1 atom stereocenters. The largest absolute Gasteiger partial charge is 0.497 e. The van der Waals surface area contributed by atoms with Crippen molar-refractivity contribution in [2.24, 2.45) is 0 Å². The van der Waals surface area contributed by atoms with Gasteiger partial charge in [0.1, 0.15) is 11.2 Å². The Morgan fingerprint density at radius 1 is 1.79 bits per heavy atom. The minimum absolute atomic E-state index is 0.157. The fraction of sp³-hybridized carbons (Fsp3) is 0.667. The van der Waals surface area contributed by atoms with Gasteiger partial charge in [0.2, 0.25) is 0 Å². The average Bonchev–Trinajstić information content (AvgIpc) is 2.60. The number of carboxylic acids is 1. The molecule has 1 N–H and O–H groups in total. The molecular weight excluding hydrogens is 204 g/mol. The number of ether oxygens (including phenoxy) is 2. The Balaban J connectivity index is 2.05. The van der Waals surface area contributed by atoms with Gasteiger partial charge in [-0.3, -0.25) is 4.79 Å². The molecule has 0 radical (unpaired) electrons. The molecule has 1 heterocycles. The SMILES string of the molecule is COC1CC(OCCCC(=O)O)=CS1. The molecular formula is C9H14O4S. The lowest BCUT2D eigenvalue weighted by molar-refractivity contribution is -0.137. The van der Waals surface area contributed by atoms with Crippen LogP contribution in [0.2, 0.25) is 0 Å². The maximum atomic E-state index is 10.2. The van der Waals surface area contributed by atoms with Gasteiger partial charge in [-0.05, 0) is 6.42 Å². The molecule has 1 aliphatic heterocycles. The van der Waals surface area contributed by atoms with Crippen molar-refractivity contribution in [3.8, 4) is 0 Å². The molecule has 0 aliphatic carbocycles. The molecule has 0 aromatic carbocycles. The van der Waals surface area contributed by atoms with Gasteiger partial charge in [-0.25, -0.2) is 0 Å². The Bertz CT molecular complexity index is 227. The van der Waals surface area contributed by atoms with Crippen LogP contribution in [0.25, 0.3) is 0 Å². The van der Waals surface area contributed by atoms with E-state index < -0.39 is 5.97 Å². The maximum Gasteiger partial charge on any atom is 0.303 e. The third-order valence-electron chi connectivity index (χ3n) is 1.80. The third-order valence-corrected chi connectivity index (χ3v) is 2.87. The number of aliphatic carboxylic acids is 1. The zero-order valence-corrected chi connectivity index (χ0v) is 8.88. The first-order chi connectivity index (χ1) is 6.72. The van der Waals surface area contributed by atoms with Crippen LogP contribution >= 0.6 is 11.8 Å². The summed E-state index contributed by atoms with van der Waals surface area (Å²) in [4.78, 5) is 10.2. The van der Waals surface area contributed by atoms with Crippen LogP contribution in [-0.2, 0) is 14.3 Å². The Labute approximate surface area is 87.3 Å². The van der Waals surface area contributed by atoms with E-state index in [0.717, 1.165) is 12.2 Å². The molecule has 0 bridgehead atoms. The van der Waals surface area contributed by atoms with E-state index in [1.165, 1.54) is 0 Å². The Morgan fingerprint density at radius 2 is 2.57 bits per heavy atom. The Hall–Kier alpha value is -0.680. The Morgan fingerprint density at radius 3 is 3.14 bits per heavy atom. The van der Waals surface area contributed by atoms with Gasteiger partial charge in [0.05, 0.1) is 6.61 Å². The smallest absolute Gasteiger partial charge is 0.303 e. The van der Waals surface area contributed by atoms with Crippen molar-refractivity contribution in [3.05, 3.63) is 11.2 Å². The van der Waals surface area contributed by atoms with Crippen LogP contribution in [0.1, 0.15) is 19.3 Å². The minimum atomic E-state index is -0.779. The zero-order chi connectivity index (χ0) is 10.4. The van der Waals surface area contributed by atoms with Crippen LogP contribution < -0.4 is 0 Å². The quantitative estimate of drug-likeness (QED) is 0.689. The van der Waals surface area contributed by atoms with Crippen molar-refractivity contribution in [2.75, 3.05) is 13.7 Å². The minimum Gasteiger partial charge on any atom is -0.497 e. The number of hydrogen-bond donors (Lipinski definition) is 1. The molecule has 14 heavy (non-hydrogen) atoms. The van der Waals surface area contributed by atoms with Crippen molar-refractivity contribution >= 4 is 17.7 Å². The van der Waals surface area contributed by atoms with Crippen LogP contribution in [-0.4, -0.2) is 30.2 Å². The molecule has 1 rings (SSSR count). The van der Waals surface area contributed by atoms with E-state index >= 15 is 0 Å². The molecule has 0 saturated carbocycles. The highest BCUT2D eigenvalue weighted by molar-refractivity contribution is 8.02. The number of carbonyl (C=O) groups is 1. The van der Waals surface area contributed by atoms with Crippen LogP contribution in [0.15, 0.2) is 11.2 Å². The van der Waals surface area contributed by atoms with Gasteiger partial charge in [-0.1, -0.05) is 11.8 Å². The summed E-state index contributed by atoms with van der Waals surface area (Å²) in [5, 5.41) is 10.3. The lowest BCUT2D eigenvalue weighted by Gasteiger charge is -2.07. The fourth-order valence-corrected chi connectivity index (χ4v) is 1.91. The molecule has 5 heteroatoms. The van der Waals surface area contributed by atoms with Gasteiger partial charge < -0.3 is 14.6 Å². The summed E-state index contributed by atoms with van der Waals surface area (Å²) in [6.45, 7) is 0.467. The van der Waals surface area contributed by atoms with E-state index in [2.05, 4.69) is 0 Å². The van der Waals surface area contributed by atoms with Gasteiger partial charge in [-0.15, -0.1) is 0 Å². The molecule has 0 aromatic heterocycles. The first-order valence-electron chi connectivity index (χ1n) is 4.44. The summed E-state index contributed by atoms with van der Waals surface area (Å²) in [5.74, 6) is 0.116. The molecule has 0 amide bonds. The van der Waals surface area contributed by atoms with Crippen LogP contribution in [0.5, 0.6) is 0 Å². The van der Waals surface area contributed by atoms with Crippen molar-refractivity contribution in [2.45, 2.75) is 24.7 Å². The number of hydrogen-bond acceptors (Lipinski definition) is 4. The first-order valence-corrected chi connectivity index (χ1v) is 5.38. The van der Waals surface area contributed by atoms with Gasteiger partial charge in [0.15, 0.2) is 0 Å². The second kappa shape index (κ2) is 5.93. The summed E-state index contributed by atoms with van der Waals surface area (Å²) in [6.07, 6.45) is 1.48. The number of rotatable bonds is 6. The lowest BCUT2D eigenvalue weighted by Crippen LogP contribution is -2.03. The van der Waals surface area contributed by atoms with Gasteiger partial charge in [0.25, 0.3) is 0 Å². The summed E-state index contributed by atoms with van der Waals surface area (Å²) < 4.78 is 10.5. The molecule has 0 saturated heterocycles. The first kappa shape index (κ1) is 11.4. The van der Waals surface area contributed by atoms with E-state index in [1.54, 1.807) is 18.9 Å². The number of thioether (sulfide) groups is 1. The van der Waals surface area contributed by atoms with Crippen LogP contribution in [0, 0.1) is 0 Å². The monoisotopic (exact) mass is 218 g/mol. The van der Waals surface area contributed by atoms with E-state index in [1.807, 2.05) is 5.41 Å². The third kappa shape index (κ3) is 4.02. The maximum absolute atomic E-state index is 10.2. The predicted molar refractivity (Wildman–Crippen MR) is 53.9 cm³/mol. The Kier molecular flexibility index (Phi) is 4.82. The average molecular weight is 218 g/mol. The summed E-state index contributed by atoms with van der Waals surface area (Å²) in [7, 11) is 1.67. The molecule has 0 aromatic rings. The standard InChI is InChI=1S/C9H14O4S/c1-12-9-5-7(6-14-9)13-4-2-3-8(10)11/h6,9H,2-5H2,1H3,(H,10,11). The van der Waals surface area contributed by atoms with Crippen molar-refractivity contribution in [1.82, 2.24) is 0 Å². The van der Waals surface area contributed by atoms with Gasteiger partial charge >= 0.3 is 5.97 Å². The molecule has 4 nitrogen and oxygen atoms in total. The van der Waals surface area contributed by atoms with E-state index in [4.69, 9.17) is 14.6 Å². The van der Waals surface area contributed by atoms with Crippen molar-refractivity contribution < 1.29 is 19.4 Å². The highest BCUT2D eigenvalue weighted by atomic mass is 32.2. The number of carboxylic acid groups (broad SMARTS) is 1. The lowest BCUT2D eigenvalue weighted by atomic mass is 10.3. The van der Waals surface area contributed by atoms with E-state index in [-0.39, 0.29) is 11.9 Å². The summed E-state index contributed by atoms with van der Waals surface area (Å²) in [5.41, 5.74) is 0.157. The molecule has 0 fully saturated rings. The van der Waals surface area contributed by atoms with E-state index in [9.17, 15) is 4.79 Å². The second-order valence-electron chi connectivity index (χ2n) is 2.94. The number of methoxy groups -OCH3 is 1. The van der Waals surface area contributed by atoms with Gasteiger partial charge in [0, 0.05) is 25.4 Å². The van der Waals surface area contributed by atoms with E-state index in [0.29, 0.717) is 13.0 Å². The predicted octanol–water partition coefficient (Wildman–Crippen LogP) is 1.82. The molecule has 1 aliphatic rings. The molecule has 0 spiro atoms. The van der Waals surface area contributed by atoms with Gasteiger partial charge in [-0.2, -0.15) is 0 Å². The van der Waals surface area contributed by atoms with Crippen molar-refractivity contribution in [3.63, 3.8) is 0 Å². The van der Waals surface area contributed by atoms with Crippen LogP contribution in [0.4, 0.5) is 0 Å².